The Kier molecular flexibility index (Phi) is 4.31. The van der Waals surface area contributed by atoms with Gasteiger partial charge in [0.25, 0.3) is 0 Å². The van der Waals surface area contributed by atoms with Crippen LogP contribution in [0.3, 0.4) is 0 Å². The molecule has 0 aliphatic rings. The third-order valence-corrected chi connectivity index (χ3v) is 4.24. The summed E-state index contributed by atoms with van der Waals surface area (Å²) in [5.74, 6) is 0.941. The lowest BCUT2D eigenvalue weighted by atomic mass is 10.2. The molecule has 0 aliphatic carbocycles. The first-order valence-electron chi connectivity index (χ1n) is 7.04. The van der Waals surface area contributed by atoms with Crippen molar-refractivity contribution in [1.29, 1.82) is 0 Å². The number of fused-ring (bicyclic) bond motifs is 1. The molecule has 0 saturated heterocycles. The van der Waals surface area contributed by atoms with Crippen LogP contribution in [0, 0.1) is 0 Å². The first kappa shape index (κ1) is 13.8. The van der Waals surface area contributed by atoms with E-state index < -0.39 is 0 Å². The summed E-state index contributed by atoms with van der Waals surface area (Å²) in [7, 11) is 0. The summed E-state index contributed by atoms with van der Waals surface area (Å²) in [6, 6.07) is 12.0. The number of aromatic nitrogens is 2. The van der Waals surface area contributed by atoms with E-state index >= 15 is 0 Å². The average Bonchev–Trinajstić information content (AvgIpc) is 3.13. The van der Waals surface area contributed by atoms with E-state index in [4.69, 9.17) is 0 Å². The van der Waals surface area contributed by atoms with Crippen LogP contribution in [0.1, 0.15) is 17.1 Å². The fraction of sp³-hybridized carbons (Fsp3) is 0.250. The van der Waals surface area contributed by atoms with E-state index in [0.29, 0.717) is 19.4 Å². The number of benzene rings is 1. The molecule has 2 heterocycles. The van der Waals surface area contributed by atoms with Crippen LogP contribution in [0.2, 0.25) is 0 Å². The molecule has 0 radical (unpaired) electrons. The minimum Gasteiger partial charge on any atom is -0.356 e. The zero-order valence-corrected chi connectivity index (χ0v) is 12.5. The summed E-state index contributed by atoms with van der Waals surface area (Å²) in [5, 5.41) is 5.01. The van der Waals surface area contributed by atoms with Gasteiger partial charge in [-0.1, -0.05) is 18.2 Å². The van der Waals surface area contributed by atoms with Crippen LogP contribution >= 0.6 is 11.3 Å². The number of carbonyl (C=O) groups is 1. The van der Waals surface area contributed by atoms with E-state index in [0.717, 1.165) is 23.3 Å². The first-order valence-corrected chi connectivity index (χ1v) is 7.92. The normalized spacial score (nSPS) is 10.9. The molecule has 0 fully saturated rings. The Balaban J connectivity index is 1.44. The summed E-state index contributed by atoms with van der Waals surface area (Å²) in [4.78, 5) is 20.8. The zero-order chi connectivity index (χ0) is 14.5. The van der Waals surface area contributed by atoms with Crippen LogP contribution in [0.4, 0.5) is 0 Å². The summed E-state index contributed by atoms with van der Waals surface area (Å²) in [6.45, 7) is 0.694. The van der Waals surface area contributed by atoms with E-state index in [1.165, 1.54) is 4.88 Å². The summed E-state index contributed by atoms with van der Waals surface area (Å²) in [5.41, 5.74) is 1.97. The van der Waals surface area contributed by atoms with Gasteiger partial charge in [0.2, 0.25) is 5.91 Å². The van der Waals surface area contributed by atoms with Crippen molar-refractivity contribution in [1.82, 2.24) is 15.3 Å². The van der Waals surface area contributed by atoms with Crippen LogP contribution in [-0.2, 0) is 17.6 Å². The third kappa shape index (κ3) is 3.70. The highest BCUT2D eigenvalue weighted by Crippen LogP contribution is 2.11. The molecule has 3 rings (SSSR count). The third-order valence-electron chi connectivity index (χ3n) is 3.30. The molecule has 2 aromatic heterocycles. The Hall–Kier alpha value is -2.14. The summed E-state index contributed by atoms with van der Waals surface area (Å²) < 4.78 is 0. The van der Waals surface area contributed by atoms with Crippen LogP contribution in [0.15, 0.2) is 41.8 Å². The number of para-hydroxylation sites is 2. The highest BCUT2D eigenvalue weighted by atomic mass is 32.1. The quantitative estimate of drug-likeness (QED) is 0.735. The maximum absolute atomic E-state index is 11.8. The fourth-order valence-electron chi connectivity index (χ4n) is 2.22. The molecule has 2 N–H and O–H groups in total. The van der Waals surface area contributed by atoms with Crippen molar-refractivity contribution < 1.29 is 4.79 Å². The number of carbonyl (C=O) groups excluding carboxylic acids is 1. The smallest absolute Gasteiger partial charge is 0.220 e. The molecule has 0 saturated carbocycles. The Bertz CT molecular complexity index is 685. The van der Waals surface area contributed by atoms with Crippen molar-refractivity contribution in [2.75, 3.05) is 6.54 Å². The maximum Gasteiger partial charge on any atom is 0.220 e. The second kappa shape index (κ2) is 6.54. The van der Waals surface area contributed by atoms with E-state index in [1.807, 2.05) is 30.3 Å². The van der Waals surface area contributed by atoms with Crippen LogP contribution in [0.25, 0.3) is 11.0 Å². The Morgan fingerprint density at radius 2 is 2.10 bits per heavy atom. The predicted molar refractivity (Wildman–Crippen MR) is 85.4 cm³/mol. The molecule has 0 unspecified atom stereocenters. The standard InChI is InChI=1S/C16H17N3OS/c20-16(17-10-9-12-4-3-11-21-12)8-7-15-18-13-5-1-2-6-14(13)19-15/h1-6,11H,7-10H2,(H,17,20)(H,18,19). The molecule has 0 bridgehead atoms. The predicted octanol–water partition coefficient (Wildman–Crippen LogP) is 2.92. The van der Waals surface area contributed by atoms with Gasteiger partial charge in [0.1, 0.15) is 5.82 Å². The fourth-order valence-corrected chi connectivity index (χ4v) is 2.93. The van der Waals surface area contributed by atoms with Gasteiger partial charge in [-0.25, -0.2) is 4.98 Å². The molecule has 0 aliphatic heterocycles. The van der Waals surface area contributed by atoms with E-state index in [1.54, 1.807) is 11.3 Å². The van der Waals surface area contributed by atoms with Crippen LogP contribution in [-0.4, -0.2) is 22.4 Å². The number of hydrogen-bond donors (Lipinski definition) is 2. The van der Waals surface area contributed by atoms with Crippen LogP contribution < -0.4 is 5.32 Å². The van der Waals surface area contributed by atoms with Crippen molar-refractivity contribution >= 4 is 28.3 Å². The van der Waals surface area contributed by atoms with Crippen molar-refractivity contribution in [3.05, 3.63) is 52.5 Å². The second-order valence-corrected chi connectivity index (χ2v) is 5.91. The number of amides is 1. The van der Waals surface area contributed by atoms with Gasteiger partial charge in [-0.05, 0) is 30.0 Å². The number of aryl methyl sites for hydroxylation is 1. The number of aromatic amines is 1. The SMILES string of the molecule is O=C(CCc1nc2ccccc2[nH]1)NCCc1cccs1. The average molecular weight is 299 g/mol. The number of rotatable bonds is 6. The molecule has 1 aromatic carbocycles. The molecule has 3 aromatic rings. The minimum atomic E-state index is 0.0759. The van der Waals surface area contributed by atoms with Crippen LogP contribution in [0.5, 0.6) is 0 Å². The summed E-state index contributed by atoms with van der Waals surface area (Å²) >= 11 is 1.72. The Morgan fingerprint density at radius 3 is 2.90 bits per heavy atom. The van der Waals surface area contributed by atoms with E-state index in [9.17, 15) is 4.79 Å². The molecular formula is C16H17N3OS. The van der Waals surface area contributed by atoms with E-state index in [-0.39, 0.29) is 5.91 Å². The highest BCUT2D eigenvalue weighted by molar-refractivity contribution is 7.09. The highest BCUT2D eigenvalue weighted by Gasteiger charge is 2.06. The zero-order valence-electron chi connectivity index (χ0n) is 11.6. The Morgan fingerprint density at radius 1 is 1.19 bits per heavy atom. The summed E-state index contributed by atoms with van der Waals surface area (Å²) in [6.07, 6.45) is 2.00. The number of nitrogens with zero attached hydrogens (tertiary/aromatic N) is 1. The number of H-pyrrole nitrogens is 1. The van der Waals surface area contributed by atoms with Gasteiger partial charge in [0.15, 0.2) is 0 Å². The molecule has 0 spiro atoms. The number of hydrogen-bond acceptors (Lipinski definition) is 3. The van der Waals surface area contributed by atoms with Gasteiger partial charge in [-0.2, -0.15) is 0 Å². The molecule has 108 valence electrons. The first-order chi connectivity index (χ1) is 10.3. The van der Waals surface area contributed by atoms with Crippen molar-refractivity contribution in [3.63, 3.8) is 0 Å². The largest absolute Gasteiger partial charge is 0.356 e. The van der Waals surface area contributed by atoms with Gasteiger partial charge in [-0.3, -0.25) is 4.79 Å². The number of imidazole rings is 1. The van der Waals surface area contributed by atoms with Crippen molar-refractivity contribution in [2.24, 2.45) is 0 Å². The van der Waals surface area contributed by atoms with Gasteiger partial charge in [-0.15, -0.1) is 11.3 Å². The van der Waals surface area contributed by atoms with Gasteiger partial charge in [0.05, 0.1) is 11.0 Å². The monoisotopic (exact) mass is 299 g/mol. The number of nitrogens with one attached hydrogen (secondary N) is 2. The van der Waals surface area contributed by atoms with E-state index in [2.05, 4.69) is 26.7 Å². The Labute approximate surface area is 127 Å². The number of thiophene rings is 1. The molecule has 21 heavy (non-hydrogen) atoms. The van der Waals surface area contributed by atoms with Gasteiger partial charge < -0.3 is 10.3 Å². The molecule has 1 amide bonds. The lowest BCUT2D eigenvalue weighted by Gasteiger charge is -2.03. The van der Waals surface area contributed by atoms with Gasteiger partial charge in [0, 0.05) is 24.3 Å². The minimum absolute atomic E-state index is 0.0759. The molecular weight excluding hydrogens is 282 g/mol. The lowest BCUT2D eigenvalue weighted by Crippen LogP contribution is -2.25. The lowest BCUT2D eigenvalue weighted by molar-refractivity contribution is -0.121. The molecule has 0 atom stereocenters. The molecule has 5 heteroatoms. The maximum atomic E-state index is 11.8. The van der Waals surface area contributed by atoms with Crippen molar-refractivity contribution in [3.8, 4) is 0 Å². The molecule has 4 nitrogen and oxygen atoms in total. The van der Waals surface area contributed by atoms with Gasteiger partial charge >= 0.3 is 0 Å². The topological polar surface area (TPSA) is 57.8 Å². The second-order valence-electron chi connectivity index (χ2n) is 4.88. The van der Waals surface area contributed by atoms with Crippen molar-refractivity contribution in [2.45, 2.75) is 19.3 Å².